The molecule has 0 saturated carbocycles. The molecule has 1 unspecified atom stereocenters. The number of amides is 1. The molecule has 1 atom stereocenters. The monoisotopic (exact) mass is 507 g/mol. The van der Waals surface area contributed by atoms with Crippen molar-refractivity contribution in [2.24, 2.45) is 11.7 Å². The van der Waals surface area contributed by atoms with E-state index >= 15 is 0 Å². The number of methoxy groups -OCH3 is 2. The van der Waals surface area contributed by atoms with Crippen LogP contribution in [0.15, 0.2) is 36.4 Å². The Hall–Kier alpha value is -2.15. The summed E-state index contributed by atoms with van der Waals surface area (Å²) < 4.78 is 10.6. The van der Waals surface area contributed by atoms with Crippen LogP contribution in [0, 0.1) is 5.92 Å². The minimum absolute atomic E-state index is 0.0607. The van der Waals surface area contributed by atoms with Gasteiger partial charge in [0.1, 0.15) is 0 Å². The fourth-order valence-corrected chi connectivity index (χ4v) is 4.75. The average molecular weight is 508 g/mol. The fourth-order valence-electron chi connectivity index (χ4n) is 4.46. The highest BCUT2D eigenvalue weighted by atomic mass is 35.5. The summed E-state index contributed by atoms with van der Waals surface area (Å²) >= 11 is 11.8. The van der Waals surface area contributed by atoms with E-state index in [1.54, 1.807) is 20.3 Å². The molecule has 4 rings (SSSR count). The van der Waals surface area contributed by atoms with Crippen LogP contribution in [0.2, 0.25) is 10.0 Å². The van der Waals surface area contributed by atoms with Crippen LogP contribution in [0.1, 0.15) is 31.2 Å². The number of carbonyl (C=O) groups excluding carboxylic acids is 1. The van der Waals surface area contributed by atoms with E-state index in [1.807, 2.05) is 18.2 Å². The Labute approximate surface area is 212 Å². The zero-order chi connectivity index (χ0) is 24.5. The second-order valence-electron chi connectivity index (χ2n) is 8.77. The van der Waals surface area contributed by atoms with Crippen molar-refractivity contribution in [1.29, 1.82) is 0 Å². The van der Waals surface area contributed by atoms with Crippen LogP contribution >= 0.6 is 23.2 Å². The Balaban J connectivity index is 0.000000192. The van der Waals surface area contributed by atoms with Crippen molar-refractivity contribution in [2.75, 3.05) is 51.8 Å². The van der Waals surface area contributed by atoms with Crippen LogP contribution < -0.4 is 20.1 Å². The van der Waals surface area contributed by atoms with Gasteiger partial charge in [0.2, 0.25) is 5.91 Å². The number of nitrogens with zero attached hydrogens (tertiary/aromatic N) is 2. The maximum absolute atomic E-state index is 11.0. The first-order chi connectivity index (χ1) is 16.4. The van der Waals surface area contributed by atoms with E-state index in [1.165, 1.54) is 44.5 Å². The quantitative estimate of drug-likeness (QED) is 0.542. The van der Waals surface area contributed by atoms with Crippen LogP contribution in [0.5, 0.6) is 11.5 Å². The molecule has 0 aliphatic carbocycles. The third-order valence-electron chi connectivity index (χ3n) is 6.45. The normalized spacial score (nSPS) is 17.9. The molecule has 2 aromatic rings. The van der Waals surface area contributed by atoms with Crippen LogP contribution in [0.3, 0.4) is 0 Å². The van der Waals surface area contributed by atoms with Gasteiger partial charge in [0, 0.05) is 18.8 Å². The van der Waals surface area contributed by atoms with Crippen LogP contribution in [0.25, 0.3) is 0 Å². The van der Waals surface area contributed by atoms with E-state index in [-0.39, 0.29) is 11.8 Å². The molecule has 0 radical (unpaired) electrons. The lowest BCUT2D eigenvalue weighted by atomic mass is 10.1. The fraction of sp³-hybridized carbons (Fsp3) is 0.500. The number of rotatable bonds is 8. The molecule has 2 aromatic carbocycles. The van der Waals surface area contributed by atoms with Gasteiger partial charge >= 0.3 is 0 Å². The second kappa shape index (κ2) is 13.1. The lowest BCUT2D eigenvalue weighted by Gasteiger charge is -2.18. The molecule has 2 aliphatic rings. The van der Waals surface area contributed by atoms with E-state index in [0.29, 0.717) is 16.6 Å². The van der Waals surface area contributed by atoms with E-state index in [0.717, 1.165) is 36.6 Å². The van der Waals surface area contributed by atoms with Gasteiger partial charge in [-0.3, -0.25) is 4.79 Å². The molecule has 0 spiro atoms. The minimum atomic E-state index is -0.234. The summed E-state index contributed by atoms with van der Waals surface area (Å²) in [4.78, 5) is 15.7. The molecule has 0 bridgehead atoms. The third kappa shape index (κ3) is 7.42. The topological polar surface area (TPSA) is 68.0 Å². The van der Waals surface area contributed by atoms with E-state index in [4.69, 9.17) is 38.4 Å². The molecule has 8 heteroatoms. The molecule has 34 heavy (non-hydrogen) atoms. The maximum atomic E-state index is 11.0. The van der Waals surface area contributed by atoms with Crippen molar-refractivity contribution in [3.8, 4) is 11.5 Å². The molecule has 2 N–H and O–H groups in total. The zero-order valence-electron chi connectivity index (χ0n) is 20.1. The van der Waals surface area contributed by atoms with Gasteiger partial charge in [0.05, 0.1) is 30.2 Å². The molecule has 2 heterocycles. The van der Waals surface area contributed by atoms with E-state index in [9.17, 15) is 4.79 Å². The van der Waals surface area contributed by atoms with Gasteiger partial charge in [-0.25, -0.2) is 0 Å². The van der Waals surface area contributed by atoms with Gasteiger partial charge in [-0.15, -0.1) is 0 Å². The van der Waals surface area contributed by atoms with Crippen LogP contribution in [0.4, 0.5) is 5.69 Å². The van der Waals surface area contributed by atoms with Gasteiger partial charge in [-0.2, -0.15) is 0 Å². The number of ether oxygens (including phenoxy) is 2. The molecular formula is C26H35Cl2N3O3. The number of anilines is 1. The van der Waals surface area contributed by atoms with E-state index in [2.05, 4.69) is 21.9 Å². The number of nitrogens with two attached hydrogens (primary N) is 1. The molecule has 2 fully saturated rings. The number of carbonyl (C=O) groups is 1. The first kappa shape index (κ1) is 26.5. The smallest absolute Gasteiger partial charge is 0.222 e. The summed E-state index contributed by atoms with van der Waals surface area (Å²) in [6.45, 7) is 5.27. The first-order valence-electron chi connectivity index (χ1n) is 11.8. The number of likely N-dealkylation sites (tertiary alicyclic amines) is 1. The standard InChI is InChI=1S/C15H23NO2.C11H12Cl2N2O/c1-17-14-8-7-13(12-15(14)18-2)6-5-11-16-9-3-4-10-16;12-9-2-1-8(5-10(9)13)15-4-3-7(6-15)11(14)16/h7-8,12H,3-6,9-11H2,1-2H3;1-2,5,7H,3-4,6H2,(H2,14,16). The minimum Gasteiger partial charge on any atom is -0.493 e. The van der Waals surface area contributed by atoms with Crippen molar-refractivity contribution in [3.63, 3.8) is 0 Å². The number of benzene rings is 2. The highest BCUT2D eigenvalue weighted by Crippen LogP contribution is 2.30. The predicted octanol–water partition coefficient (Wildman–Crippen LogP) is 5.04. The van der Waals surface area contributed by atoms with Crippen molar-refractivity contribution < 1.29 is 14.3 Å². The van der Waals surface area contributed by atoms with Gasteiger partial charge in [0.25, 0.3) is 0 Å². The van der Waals surface area contributed by atoms with Crippen molar-refractivity contribution in [3.05, 3.63) is 52.0 Å². The number of primary amides is 1. The SMILES string of the molecule is COc1ccc(CCCN2CCCC2)cc1OC.NC(=O)C1CCN(c2ccc(Cl)c(Cl)c2)C1. The molecule has 1 amide bonds. The van der Waals surface area contributed by atoms with Crippen molar-refractivity contribution >= 4 is 34.8 Å². The van der Waals surface area contributed by atoms with Gasteiger partial charge in [-0.05, 0) is 87.6 Å². The maximum Gasteiger partial charge on any atom is 0.222 e. The number of hydrogen-bond donors (Lipinski definition) is 1. The number of hydrogen-bond acceptors (Lipinski definition) is 5. The first-order valence-corrected chi connectivity index (χ1v) is 12.6. The van der Waals surface area contributed by atoms with Gasteiger partial charge in [-0.1, -0.05) is 29.3 Å². The predicted molar refractivity (Wildman–Crippen MR) is 140 cm³/mol. The highest BCUT2D eigenvalue weighted by Gasteiger charge is 2.26. The Morgan fingerprint density at radius 3 is 2.35 bits per heavy atom. The molecule has 0 aromatic heterocycles. The Morgan fingerprint density at radius 1 is 1.00 bits per heavy atom. The van der Waals surface area contributed by atoms with Gasteiger partial charge < -0.3 is 25.0 Å². The largest absolute Gasteiger partial charge is 0.493 e. The average Bonchev–Trinajstić information content (AvgIpc) is 3.54. The Morgan fingerprint density at radius 2 is 1.74 bits per heavy atom. The third-order valence-corrected chi connectivity index (χ3v) is 7.18. The van der Waals surface area contributed by atoms with Gasteiger partial charge in [0.15, 0.2) is 11.5 Å². The van der Waals surface area contributed by atoms with Crippen molar-refractivity contribution in [1.82, 2.24) is 4.90 Å². The molecule has 2 saturated heterocycles. The van der Waals surface area contributed by atoms with Crippen LogP contribution in [-0.2, 0) is 11.2 Å². The molecule has 186 valence electrons. The molecular weight excluding hydrogens is 473 g/mol. The zero-order valence-corrected chi connectivity index (χ0v) is 21.6. The number of halogens is 2. The van der Waals surface area contributed by atoms with Crippen LogP contribution in [-0.4, -0.2) is 57.8 Å². The highest BCUT2D eigenvalue weighted by molar-refractivity contribution is 6.42. The summed E-state index contributed by atoms with van der Waals surface area (Å²) in [7, 11) is 3.36. The summed E-state index contributed by atoms with van der Waals surface area (Å²) in [6, 6.07) is 11.7. The lowest BCUT2D eigenvalue weighted by molar-refractivity contribution is -0.121. The Bertz CT molecular complexity index is 951. The number of aryl methyl sites for hydroxylation is 1. The van der Waals surface area contributed by atoms with E-state index < -0.39 is 0 Å². The summed E-state index contributed by atoms with van der Waals surface area (Å²) in [6.07, 6.45) is 5.87. The summed E-state index contributed by atoms with van der Waals surface area (Å²) in [5.74, 6) is 1.34. The lowest BCUT2D eigenvalue weighted by Crippen LogP contribution is -2.27. The molecule has 6 nitrogen and oxygen atoms in total. The molecule has 2 aliphatic heterocycles. The second-order valence-corrected chi connectivity index (χ2v) is 9.59. The van der Waals surface area contributed by atoms with Crippen molar-refractivity contribution in [2.45, 2.75) is 32.1 Å². The summed E-state index contributed by atoms with van der Waals surface area (Å²) in [5.41, 5.74) is 7.59. The Kier molecular flexibility index (Phi) is 10.2. The summed E-state index contributed by atoms with van der Waals surface area (Å²) in [5, 5.41) is 1.07.